The Kier molecular flexibility index (Phi) is 4.78. The molecule has 0 unspecified atom stereocenters. The van der Waals surface area contributed by atoms with Crippen LogP contribution in [-0.4, -0.2) is 47.1 Å². The van der Waals surface area contributed by atoms with Gasteiger partial charge in [-0.1, -0.05) is 12.1 Å². The number of aromatic nitrogens is 1. The monoisotopic (exact) mass is 362 g/mol. The Morgan fingerprint density at radius 3 is 2.85 bits per heavy atom. The van der Waals surface area contributed by atoms with Crippen molar-refractivity contribution < 1.29 is 9.53 Å². The predicted octanol–water partition coefficient (Wildman–Crippen LogP) is 2.83. The Hall–Kier alpha value is -2.91. The Labute approximate surface area is 158 Å². The average Bonchev–Trinajstić information content (AvgIpc) is 3.11. The van der Waals surface area contributed by atoms with Gasteiger partial charge in [-0.3, -0.25) is 4.79 Å². The molecule has 0 aliphatic carbocycles. The lowest BCUT2D eigenvalue weighted by molar-refractivity contribution is -0.0388. The number of carbonyl (C=O) groups is 1. The quantitative estimate of drug-likeness (QED) is 0.908. The van der Waals surface area contributed by atoms with Crippen LogP contribution in [0.5, 0.6) is 0 Å². The summed E-state index contributed by atoms with van der Waals surface area (Å²) in [5, 5.41) is 12.5. The fourth-order valence-corrected chi connectivity index (χ4v) is 3.96. The van der Waals surface area contributed by atoms with Crippen LogP contribution in [-0.2, 0) is 4.74 Å². The number of carbonyl (C=O) groups excluding carboxylic acids is 1. The molecule has 6 nitrogen and oxygen atoms in total. The molecule has 27 heavy (non-hydrogen) atoms. The third-order valence-electron chi connectivity index (χ3n) is 5.43. The number of likely N-dealkylation sites (tertiary alicyclic amines) is 1. The number of nitrogens with zero attached hydrogens (tertiary/aromatic N) is 3. The second kappa shape index (κ2) is 7.37. The molecule has 1 N–H and O–H groups in total. The number of nitriles is 1. The van der Waals surface area contributed by atoms with Gasteiger partial charge in [0.2, 0.25) is 0 Å². The summed E-state index contributed by atoms with van der Waals surface area (Å²) in [6, 6.07) is 15.1. The molecule has 2 fully saturated rings. The van der Waals surface area contributed by atoms with E-state index in [0.717, 1.165) is 25.1 Å². The minimum Gasteiger partial charge on any atom is -0.373 e. The SMILES string of the molecule is N#Cc1cccc(C(=O)N2CCC3(CC2)C[C@@H](Nc2ccccn2)CO3)c1. The Balaban J connectivity index is 1.35. The number of hydrogen-bond acceptors (Lipinski definition) is 5. The molecule has 2 aliphatic rings. The largest absolute Gasteiger partial charge is 0.373 e. The Bertz CT molecular complexity index is 854. The topological polar surface area (TPSA) is 78.3 Å². The van der Waals surface area contributed by atoms with Gasteiger partial charge in [-0.25, -0.2) is 4.98 Å². The number of anilines is 1. The van der Waals surface area contributed by atoms with E-state index in [4.69, 9.17) is 10.00 Å². The number of amides is 1. The minimum absolute atomic E-state index is 0.0110. The average molecular weight is 362 g/mol. The van der Waals surface area contributed by atoms with Gasteiger partial charge in [0.05, 0.1) is 29.9 Å². The van der Waals surface area contributed by atoms with Gasteiger partial charge in [-0.2, -0.15) is 5.26 Å². The fraction of sp³-hybridized carbons (Fsp3) is 0.381. The summed E-state index contributed by atoms with van der Waals surface area (Å²) in [5.41, 5.74) is 0.932. The molecule has 1 amide bonds. The van der Waals surface area contributed by atoms with Crippen molar-refractivity contribution in [1.29, 1.82) is 5.26 Å². The van der Waals surface area contributed by atoms with Crippen LogP contribution in [0.1, 0.15) is 35.2 Å². The number of hydrogen-bond donors (Lipinski definition) is 1. The van der Waals surface area contributed by atoms with Gasteiger partial charge in [0.15, 0.2) is 0 Å². The van der Waals surface area contributed by atoms with Crippen LogP contribution in [0, 0.1) is 11.3 Å². The van der Waals surface area contributed by atoms with Crippen molar-refractivity contribution in [3.63, 3.8) is 0 Å². The first kappa shape index (κ1) is 17.5. The molecule has 0 saturated carbocycles. The van der Waals surface area contributed by atoms with Gasteiger partial charge in [-0.05, 0) is 49.6 Å². The van der Waals surface area contributed by atoms with Gasteiger partial charge in [0, 0.05) is 24.8 Å². The zero-order valence-corrected chi connectivity index (χ0v) is 15.1. The van der Waals surface area contributed by atoms with Crippen molar-refractivity contribution in [3.8, 4) is 6.07 Å². The smallest absolute Gasteiger partial charge is 0.253 e. The number of benzene rings is 1. The molecule has 3 heterocycles. The number of pyridine rings is 1. The van der Waals surface area contributed by atoms with E-state index >= 15 is 0 Å². The first-order valence-electron chi connectivity index (χ1n) is 9.28. The van der Waals surface area contributed by atoms with Crippen molar-refractivity contribution in [2.45, 2.75) is 30.9 Å². The molecule has 2 aromatic rings. The van der Waals surface area contributed by atoms with Crippen LogP contribution in [0.3, 0.4) is 0 Å². The molecule has 1 aromatic carbocycles. The highest BCUT2D eigenvalue weighted by Crippen LogP contribution is 2.37. The highest BCUT2D eigenvalue weighted by Gasteiger charge is 2.43. The van der Waals surface area contributed by atoms with E-state index in [0.29, 0.717) is 30.8 Å². The van der Waals surface area contributed by atoms with Gasteiger partial charge in [-0.15, -0.1) is 0 Å². The maximum Gasteiger partial charge on any atom is 0.253 e. The Morgan fingerprint density at radius 2 is 2.11 bits per heavy atom. The van der Waals surface area contributed by atoms with Crippen LogP contribution in [0.4, 0.5) is 5.82 Å². The Morgan fingerprint density at radius 1 is 1.26 bits per heavy atom. The second-order valence-electron chi connectivity index (χ2n) is 7.24. The number of rotatable bonds is 3. The summed E-state index contributed by atoms with van der Waals surface area (Å²) >= 11 is 0. The number of nitrogens with one attached hydrogen (secondary N) is 1. The molecule has 138 valence electrons. The summed E-state index contributed by atoms with van der Waals surface area (Å²) in [6.45, 7) is 2.01. The maximum atomic E-state index is 12.7. The predicted molar refractivity (Wildman–Crippen MR) is 101 cm³/mol. The van der Waals surface area contributed by atoms with E-state index in [9.17, 15) is 4.79 Å². The van der Waals surface area contributed by atoms with Crippen LogP contribution in [0.15, 0.2) is 48.7 Å². The maximum absolute atomic E-state index is 12.7. The second-order valence-corrected chi connectivity index (χ2v) is 7.24. The lowest BCUT2D eigenvalue weighted by Gasteiger charge is -2.38. The van der Waals surface area contributed by atoms with Crippen LogP contribution in [0.25, 0.3) is 0 Å². The van der Waals surface area contributed by atoms with E-state index in [1.54, 1.807) is 30.5 Å². The van der Waals surface area contributed by atoms with Crippen molar-refractivity contribution >= 4 is 11.7 Å². The first-order valence-corrected chi connectivity index (χ1v) is 9.28. The molecule has 1 spiro atoms. The summed E-state index contributed by atoms with van der Waals surface area (Å²) in [7, 11) is 0. The van der Waals surface area contributed by atoms with Gasteiger partial charge in [0.1, 0.15) is 5.82 Å². The molecule has 4 rings (SSSR count). The lowest BCUT2D eigenvalue weighted by Crippen LogP contribution is -2.46. The summed E-state index contributed by atoms with van der Waals surface area (Å²) < 4.78 is 6.17. The molecule has 6 heteroatoms. The van der Waals surface area contributed by atoms with Crippen LogP contribution >= 0.6 is 0 Å². The fourth-order valence-electron chi connectivity index (χ4n) is 3.96. The van der Waals surface area contributed by atoms with Crippen LogP contribution in [0.2, 0.25) is 0 Å². The summed E-state index contributed by atoms with van der Waals surface area (Å²) in [6.07, 6.45) is 4.36. The van der Waals surface area contributed by atoms with Crippen molar-refractivity contribution in [2.24, 2.45) is 0 Å². The molecule has 0 radical (unpaired) electrons. The molecular weight excluding hydrogens is 340 g/mol. The van der Waals surface area contributed by atoms with Crippen molar-refractivity contribution in [1.82, 2.24) is 9.88 Å². The van der Waals surface area contributed by atoms with E-state index in [2.05, 4.69) is 16.4 Å². The molecule has 0 bridgehead atoms. The molecule has 1 aromatic heterocycles. The lowest BCUT2D eigenvalue weighted by atomic mass is 9.87. The van der Waals surface area contributed by atoms with Gasteiger partial charge >= 0.3 is 0 Å². The molecule has 1 atom stereocenters. The molecular formula is C21H22N4O2. The zero-order valence-electron chi connectivity index (χ0n) is 15.1. The van der Waals surface area contributed by atoms with Crippen molar-refractivity contribution in [2.75, 3.05) is 25.0 Å². The summed E-state index contributed by atoms with van der Waals surface area (Å²) in [4.78, 5) is 18.9. The molecule has 2 aliphatic heterocycles. The number of piperidine rings is 1. The van der Waals surface area contributed by atoms with E-state index in [-0.39, 0.29) is 17.6 Å². The van der Waals surface area contributed by atoms with E-state index in [1.165, 1.54) is 0 Å². The highest BCUT2D eigenvalue weighted by molar-refractivity contribution is 5.94. The van der Waals surface area contributed by atoms with Crippen LogP contribution < -0.4 is 5.32 Å². The van der Waals surface area contributed by atoms with E-state index in [1.807, 2.05) is 23.1 Å². The summed E-state index contributed by atoms with van der Waals surface area (Å²) in [5.74, 6) is 0.858. The third-order valence-corrected chi connectivity index (χ3v) is 5.43. The first-order chi connectivity index (χ1) is 13.2. The zero-order chi connectivity index (χ0) is 18.7. The standard InChI is InChI=1S/C21H22N4O2/c22-14-16-4-3-5-17(12-16)20(26)25-10-7-21(8-11-25)13-18(15-27-21)24-19-6-1-2-9-23-19/h1-6,9,12,18H,7-8,10-11,13,15H2,(H,23,24)/t18-/m1/s1. The van der Waals surface area contributed by atoms with E-state index < -0.39 is 0 Å². The van der Waals surface area contributed by atoms with Gasteiger partial charge in [0.25, 0.3) is 5.91 Å². The normalized spacial score (nSPS) is 21.0. The molecule has 2 saturated heterocycles. The van der Waals surface area contributed by atoms with Crippen molar-refractivity contribution in [3.05, 3.63) is 59.8 Å². The highest BCUT2D eigenvalue weighted by atomic mass is 16.5. The van der Waals surface area contributed by atoms with Gasteiger partial charge < -0.3 is 15.0 Å². The third kappa shape index (κ3) is 3.79. The number of ether oxygens (including phenoxy) is 1. The minimum atomic E-state index is -0.155.